The molecule has 1 aromatic carbocycles. The minimum Gasteiger partial charge on any atom is -0.451 e. The van der Waals surface area contributed by atoms with E-state index >= 15 is 0 Å². The van der Waals surface area contributed by atoms with Crippen LogP contribution in [0.3, 0.4) is 0 Å². The second kappa shape index (κ2) is 8.29. The van der Waals surface area contributed by atoms with Crippen LogP contribution in [-0.2, 0) is 9.53 Å². The van der Waals surface area contributed by atoms with Gasteiger partial charge in [0.2, 0.25) is 0 Å². The summed E-state index contributed by atoms with van der Waals surface area (Å²) in [6.45, 7) is 2.30. The minimum absolute atomic E-state index is 0.104. The average Bonchev–Trinajstić information content (AvgIpc) is 2.79. The third kappa shape index (κ3) is 4.31. The molecule has 136 valence electrons. The van der Waals surface area contributed by atoms with Crippen LogP contribution >= 0.6 is 35.0 Å². The summed E-state index contributed by atoms with van der Waals surface area (Å²) in [5.41, 5.74) is 0.731. The van der Waals surface area contributed by atoms with Gasteiger partial charge >= 0.3 is 5.97 Å². The van der Waals surface area contributed by atoms with Gasteiger partial charge in [0.1, 0.15) is 5.15 Å². The van der Waals surface area contributed by atoms with Crippen molar-refractivity contribution in [2.75, 3.05) is 18.1 Å². The molecule has 1 amide bonds. The van der Waals surface area contributed by atoms with E-state index in [-0.39, 0.29) is 21.8 Å². The lowest BCUT2D eigenvalue weighted by atomic mass is 10.2. The van der Waals surface area contributed by atoms with Gasteiger partial charge in [-0.1, -0.05) is 42.3 Å². The maximum atomic E-state index is 12.7. The fourth-order valence-corrected chi connectivity index (χ4v) is 4.02. The van der Waals surface area contributed by atoms with Gasteiger partial charge in [0.25, 0.3) is 5.91 Å². The Balaban J connectivity index is 1.72. The van der Waals surface area contributed by atoms with Gasteiger partial charge in [-0.3, -0.25) is 4.79 Å². The monoisotopic (exact) mass is 410 g/mol. The molecule has 2 heterocycles. The molecule has 1 aliphatic heterocycles. The molecule has 8 heteroatoms. The zero-order chi connectivity index (χ0) is 18.7. The van der Waals surface area contributed by atoms with E-state index in [1.54, 1.807) is 16.7 Å². The van der Waals surface area contributed by atoms with Crippen molar-refractivity contribution in [3.63, 3.8) is 0 Å². The number of nitrogens with zero attached hydrogens (tertiary/aromatic N) is 2. The Morgan fingerprint density at radius 2 is 2.04 bits per heavy atom. The molecule has 0 radical (unpaired) electrons. The first-order valence-corrected chi connectivity index (χ1v) is 9.64. The van der Waals surface area contributed by atoms with Crippen molar-refractivity contribution in [2.45, 2.75) is 23.5 Å². The van der Waals surface area contributed by atoms with Gasteiger partial charge in [0.15, 0.2) is 12.3 Å². The maximum absolute atomic E-state index is 12.7. The normalized spacial score (nSPS) is 16.6. The number of aromatic nitrogens is 1. The minimum atomic E-state index is -0.781. The standard InChI is InChI=1S/C18H16Cl2N2O3S/c1-11-8-9-22(13-4-2-3-5-14(13)26-11)16(23)10-25-18(24)17-12(19)6-7-15(20)21-17/h2-7,11H,8-10H2,1H3. The second-order valence-corrected chi connectivity index (χ2v) is 8.05. The van der Waals surface area contributed by atoms with E-state index in [0.29, 0.717) is 11.8 Å². The Kier molecular flexibility index (Phi) is 6.06. The molecule has 0 N–H and O–H groups in total. The van der Waals surface area contributed by atoms with Crippen molar-refractivity contribution in [2.24, 2.45) is 0 Å². The molecule has 0 bridgehead atoms. The smallest absolute Gasteiger partial charge is 0.359 e. The summed E-state index contributed by atoms with van der Waals surface area (Å²) in [5.74, 6) is -1.07. The summed E-state index contributed by atoms with van der Waals surface area (Å²) < 4.78 is 5.12. The first-order valence-electron chi connectivity index (χ1n) is 8.01. The maximum Gasteiger partial charge on any atom is 0.359 e. The molecule has 0 saturated heterocycles. The van der Waals surface area contributed by atoms with E-state index < -0.39 is 12.6 Å². The Morgan fingerprint density at radius 3 is 2.85 bits per heavy atom. The molecular weight excluding hydrogens is 395 g/mol. The van der Waals surface area contributed by atoms with Crippen LogP contribution in [0, 0.1) is 0 Å². The number of pyridine rings is 1. The molecular formula is C18H16Cl2N2O3S. The van der Waals surface area contributed by atoms with Gasteiger partial charge in [0.05, 0.1) is 10.7 Å². The van der Waals surface area contributed by atoms with Crippen LogP contribution in [0.25, 0.3) is 0 Å². The first kappa shape index (κ1) is 19.0. The molecule has 26 heavy (non-hydrogen) atoms. The van der Waals surface area contributed by atoms with Crippen LogP contribution in [-0.4, -0.2) is 35.3 Å². The van der Waals surface area contributed by atoms with Gasteiger partial charge in [-0.05, 0) is 30.7 Å². The Labute approximate surface area is 165 Å². The molecule has 1 atom stereocenters. The topological polar surface area (TPSA) is 59.5 Å². The first-order chi connectivity index (χ1) is 12.5. The molecule has 5 nitrogen and oxygen atoms in total. The summed E-state index contributed by atoms with van der Waals surface area (Å²) >= 11 is 13.5. The number of para-hydroxylation sites is 1. The van der Waals surface area contributed by atoms with Crippen LogP contribution in [0.15, 0.2) is 41.3 Å². The number of benzene rings is 1. The largest absolute Gasteiger partial charge is 0.451 e. The van der Waals surface area contributed by atoms with Crippen molar-refractivity contribution in [3.8, 4) is 0 Å². The molecule has 1 aromatic heterocycles. The summed E-state index contributed by atoms with van der Waals surface area (Å²) in [7, 11) is 0. The number of halogens is 2. The van der Waals surface area contributed by atoms with Crippen molar-refractivity contribution >= 4 is 52.5 Å². The summed E-state index contributed by atoms with van der Waals surface area (Å²) in [4.78, 5) is 31.4. The van der Waals surface area contributed by atoms with Crippen molar-refractivity contribution in [3.05, 3.63) is 52.3 Å². The second-order valence-electron chi connectivity index (χ2n) is 5.77. The third-order valence-electron chi connectivity index (χ3n) is 3.88. The predicted molar refractivity (Wildman–Crippen MR) is 103 cm³/mol. The summed E-state index contributed by atoms with van der Waals surface area (Å²) in [6, 6.07) is 10.6. The van der Waals surface area contributed by atoms with E-state index in [9.17, 15) is 9.59 Å². The van der Waals surface area contributed by atoms with Gasteiger partial charge in [-0.2, -0.15) is 0 Å². The fraction of sp³-hybridized carbons (Fsp3) is 0.278. The van der Waals surface area contributed by atoms with Crippen LogP contribution < -0.4 is 4.90 Å². The van der Waals surface area contributed by atoms with Crippen LogP contribution in [0.4, 0.5) is 5.69 Å². The zero-order valence-corrected chi connectivity index (χ0v) is 16.3. The van der Waals surface area contributed by atoms with Crippen LogP contribution in [0.1, 0.15) is 23.8 Å². The van der Waals surface area contributed by atoms with Gasteiger partial charge in [0, 0.05) is 16.7 Å². The zero-order valence-electron chi connectivity index (χ0n) is 13.9. The summed E-state index contributed by atoms with van der Waals surface area (Å²) in [6.07, 6.45) is 0.848. The number of hydrogen-bond donors (Lipinski definition) is 0. The van der Waals surface area contributed by atoms with Gasteiger partial charge in [-0.25, -0.2) is 9.78 Å². The molecule has 0 aliphatic carbocycles. The van der Waals surface area contributed by atoms with Crippen molar-refractivity contribution in [1.29, 1.82) is 0 Å². The Hall–Kier alpha value is -1.76. The predicted octanol–water partition coefficient (Wildman–Crippen LogP) is 4.46. The number of carbonyl (C=O) groups excluding carboxylic acids is 2. The highest BCUT2D eigenvalue weighted by molar-refractivity contribution is 8.00. The molecule has 1 aliphatic rings. The van der Waals surface area contributed by atoms with Crippen molar-refractivity contribution in [1.82, 2.24) is 4.98 Å². The fourth-order valence-electron chi connectivity index (χ4n) is 2.58. The summed E-state index contributed by atoms with van der Waals surface area (Å²) in [5, 5.41) is 0.642. The third-order valence-corrected chi connectivity index (χ3v) is 5.63. The lowest BCUT2D eigenvalue weighted by molar-refractivity contribution is -0.121. The molecule has 0 fully saturated rings. The molecule has 1 unspecified atom stereocenters. The quantitative estimate of drug-likeness (QED) is 0.551. The van der Waals surface area contributed by atoms with E-state index in [2.05, 4.69) is 11.9 Å². The number of fused-ring (bicyclic) bond motifs is 1. The number of amides is 1. The molecule has 3 rings (SSSR count). The van der Waals surface area contributed by atoms with E-state index in [4.69, 9.17) is 27.9 Å². The number of hydrogen-bond acceptors (Lipinski definition) is 5. The van der Waals surface area contributed by atoms with E-state index in [1.165, 1.54) is 12.1 Å². The van der Waals surface area contributed by atoms with Crippen LogP contribution in [0.2, 0.25) is 10.2 Å². The molecule has 2 aromatic rings. The number of esters is 1. The Morgan fingerprint density at radius 1 is 1.27 bits per heavy atom. The Bertz CT molecular complexity index is 847. The average molecular weight is 411 g/mol. The lowest BCUT2D eigenvalue weighted by Crippen LogP contribution is -2.35. The van der Waals surface area contributed by atoms with Crippen LogP contribution in [0.5, 0.6) is 0 Å². The van der Waals surface area contributed by atoms with E-state index in [0.717, 1.165) is 17.0 Å². The number of thioether (sulfide) groups is 1. The number of carbonyl (C=O) groups is 2. The highest BCUT2D eigenvalue weighted by atomic mass is 35.5. The van der Waals surface area contributed by atoms with Gasteiger partial charge in [-0.15, -0.1) is 11.8 Å². The lowest BCUT2D eigenvalue weighted by Gasteiger charge is -2.22. The van der Waals surface area contributed by atoms with Gasteiger partial charge < -0.3 is 9.64 Å². The molecule has 0 saturated carbocycles. The number of rotatable bonds is 3. The number of ether oxygens (including phenoxy) is 1. The highest BCUT2D eigenvalue weighted by Crippen LogP contribution is 2.37. The highest BCUT2D eigenvalue weighted by Gasteiger charge is 2.25. The van der Waals surface area contributed by atoms with Crippen molar-refractivity contribution < 1.29 is 14.3 Å². The van der Waals surface area contributed by atoms with E-state index in [1.807, 2.05) is 24.3 Å². The number of anilines is 1. The SMILES string of the molecule is CC1CCN(C(=O)COC(=O)c2nc(Cl)ccc2Cl)c2ccccc2S1. The molecule has 0 spiro atoms.